The minimum atomic E-state index is 0.0293. The summed E-state index contributed by atoms with van der Waals surface area (Å²) in [7, 11) is 0. The van der Waals surface area contributed by atoms with Crippen molar-refractivity contribution < 1.29 is 9.90 Å². The molecule has 0 aliphatic carbocycles. The Hall–Kier alpha value is -1.95. The molecule has 1 aromatic carbocycles. The topological polar surface area (TPSA) is 59.1 Å². The molecule has 2 saturated heterocycles. The largest absolute Gasteiger partial charge is 0.506 e. The van der Waals surface area contributed by atoms with E-state index >= 15 is 0 Å². The maximum absolute atomic E-state index is 12.4. The Labute approximate surface area is 150 Å². The summed E-state index contributed by atoms with van der Waals surface area (Å²) in [5.74, 6) is 0.302. The summed E-state index contributed by atoms with van der Waals surface area (Å²) in [5.41, 5.74) is 0.849. The van der Waals surface area contributed by atoms with E-state index in [0.29, 0.717) is 31.4 Å². The van der Waals surface area contributed by atoms with Crippen LogP contribution in [0.1, 0.15) is 26.2 Å². The van der Waals surface area contributed by atoms with Gasteiger partial charge in [0.05, 0.1) is 5.69 Å². The summed E-state index contributed by atoms with van der Waals surface area (Å²) in [6.07, 6.45) is 3.86. The molecular formula is C19H30N4O2. The fourth-order valence-corrected chi connectivity index (χ4v) is 3.79. The van der Waals surface area contributed by atoms with Crippen molar-refractivity contribution in [2.24, 2.45) is 0 Å². The molecule has 25 heavy (non-hydrogen) atoms. The number of carbonyl (C=O) groups is 1. The summed E-state index contributed by atoms with van der Waals surface area (Å²) in [5, 5.41) is 13.0. The first kappa shape index (κ1) is 17.9. The Balaban J connectivity index is 1.40. The molecule has 1 atom stereocenters. The number of phenols is 1. The van der Waals surface area contributed by atoms with Crippen LogP contribution >= 0.6 is 0 Å². The third-order valence-corrected chi connectivity index (χ3v) is 5.41. The molecule has 0 aromatic heterocycles. The third kappa shape index (κ3) is 4.57. The van der Waals surface area contributed by atoms with Gasteiger partial charge in [0.25, 0.3) is 0 Å². The van der Waals surface area contributed by atoms with E-state index in [4.69, 9.17) is 0 Å². The fourth-order valence-electron chi connectivity index (χ4n) is 3.79. The zero-order chi connectivity index (χ0) is 17.6. The highest BCUT2D eigenvalue weighted by atomic mass is 16.3. The minimum absolute atomic E-state index is 0.0293. The smallest absolute Gasteiger partial charge is 0.317 e. The normalized spacial score (nSPS) is 22.0. The second-order valence-electron chi connectivity index (χ2n) is 7.08. The van der Waals surface area contributed by atoms with Crippen molar-refractivity contribution in [3.05, 3.63) is 24.3 Å². The molecule has 138 valence electrons. The molecular weight excluding hydrogens is 316 g/mol. The molecule has 2 fully saturated rings. The maximum atomic E-state index is 12.4. The Morgan fingerprint density at radius 1 is 1.16 bits per heavy atom. The number of urea groups is 1. The quantitative estimate of drug-likeness (QED) is 0.877. The van der Waals surface area contributed by atoms with Crippen molar-refractivity contribution in [2.45, 2.75) is 32.2 Å². The molecule has 2 aliphatic rings. The van der Waals surface area contributed by atoms with Gasteiger partial charge in [-0.25, -0.2) is 4.79 Å². The van der Waals surface area contributed by atoms with Gasteiger partial charge in [-0.05, 0) is 38.4 Å². The van der Waals surface area contributed by atoms with Crippen LogP contribution in [0.2, 0.25) is 0 Å². The van der Waals surface area contributed by atoms with E-state index in [1.807, 2.05) is 23.1 Å². The second kappa shape index (κ2) is 8.43. The van der Waals surface area contributed by atoms with Gasteiger partial charge < -0.3 is 20.2 Å². The van der Waals surface area contributed by atoms with Gasteiger partial charge in [-0.1, -0.05) is 18.6 Å². The third-order valence-electron chi connectivity index (χ3n) is 5.41. The highest BCUT2D eigenvalue weighted by Crippen LogP contribution is 2.27. The van der Waals surface area contributed by atoms with Crippen LogP contribution in [0.15, 0.2) is 24.3 Å². The van der Waals surface area contributed by atoms with E-state index in [9.17, 15) is 9.90 Å². The first-order valence-corrected chi connectivity index (χ1v) is 9.45. The van der Waals surface area contributed by atoms with Gasteiger partial charge in [0.2, 0.25) is 0 Å². The summed E-state index contributed by atoms with van der Waals surface area (Å²) in [6.45, 7) is 7.92. The van der Waals surface area contributed by atoms with E-state index in [-0.39, 0.29) is 6.03 Å². The zero-order valence-electron chi connectivity index (χ0n) is 15.2. The SMILES string of the molecule is C[C@@H]1CCCCN1CCNC(=O)N1CCN(c2ccccc2O)CC1. The molecule has 0 bridgehead atoms. The van der Waals surface area contributed by atoms with Gasteiger partial charge in [0, 0.05) is 45.3 Å². The lowest BCUT2D eigenvalue weighted by Gasteiger charge is -2.37. The van der Waals surface area contributed by atoms with Crippen LogP contribution in [0.4, 0.5) is 10.5 Å². The van der Waals surface area contributed by atoms with Crippen LogP contribution in [0.3, 0.4) is 0 Å². The molecule has 2 amide bonds. The number of phenolic OH excluding ortho intramolecular Hbond substituents is 1. The molecule has 0 saturated carbocycles. The Kier molecular flexibility index (Phi) is 6.02. The minimum Gasteiger partial charge on any atom is -0.506 e. The summed E-state index contributed by atoms with van der Waals surface area (Å²) >= 11 is 0. The zero-order valence-corrected chi connectivity index (χ0v) is 15.2. The van der Waals surface area contributed by atoms with Crippen LogP contribution in [-0.4, -0.2) is 72.8 Å². The summed E-state index contributed by atoms with van der Waals surface area (Å²) in [4.78, 5) is 18.8. The van der Waals surface area contributed by atoms with Crippen LogP contribution in [0, 0.1) is 0 Å². The number of hydrogen-bond acceptors (Lipinski definition) is 4. The molecule has 2 N–H and O–H groups in total. The Morgan fingerprint density at radius 3 is 2.64 bits per heavy atom. The number of carbonyl (C=O) groups excluding carboxylic acids is 1. The predicted molar refractivity (Wildman–Crippen MR) is 100 cm³/mol. The Bertz CT molecular complexity index is 572. The van der Waals surface area contributed by atoms with Gasteiger partial charge >= 0.3 is 6.03 Å². The number of rotatable bonds is 4. The predicted octanol–water partition coefficient (Wildman–Crippen LogP) is 2.10. The highest BCUT2D eigenvalue weighted by Gasteiger charge is 2.23. The number of piperazine rings is 1. The van der Waals surface area contributed by atoms with Gasteiger partial charge in [0.1, 0.15) is 5.75 Å². The van der Waals surface area contributed by atoms with E-state index in [1.165, 1.54) is 19.3 Å². The lowest BCUT2D eigenvalue weighted by atomic mass is 10.0. The van der Waals surface area contributed by atoms with Gasteiger partial charge in [-0.15, -0.1) is 0 Å². The van der Waals surface area contributed by atoms with E-state index in [2.05, 4.69) is 22.0 Å². The molecule has 0 unspecified atom stereocenters. The number of likely N-dealkylation sites (tertiary alicyclic amines) is 1. The highest BCUT2D eigenvalue weighted by molar-refractivity contribution is 5.74. The van der Waals surface area contributed by atoms with E-state index in [1.54, 1.807) is 6.07 Å². The standard InChI is InChI=1S/C19H30N4O2/c1-16-6-4-5-10-21(16)11-9-20-19(25)23-14-12-22(13-15-23)17-7-2-3-8-18(17)24/h2-3,7-8,16,24H,4-6,9-15H2,1H3,(H,20,25)/t16-/m1/s1. The van der Waals surface area contributed by atoms with Gasteiger partial charge in [-0.3, -0.25) is 4.90 Å². The number of anilines is 1. The lowest BCUT2D eigenvalue weighted by Crippen LogP contribution is -2.53. The van der Waals surface area contributed by atoms with Crippen molar-refractivity contribution in [3.63, 3.8) is 0 Å². The van der Waals surface area contributed by atoms with Crippen molar-refractivity contribution in [2.75, 3.05) is 50.7 Å². The molecule has 6 nitrogen and oxygen atoms in total. The number of para-hydroxylation sites is 2. The Morgan fingerprint density at radius 2 is 1.92 bits per heavy atom. The average molecular weight is 346 g/mol. The van der Waals surface area contributed by atoms with Gasteiger partial charge in [-0.2, -0.15) is 0 Å². The monoisotopic (exact) mass is 346 g/mol. The van der Waals surface area contributed by atoms with Crippen LogP contribution in [0.5, 0.6) is 5.75 Å². The number of benzene rings is 1. The number of aromatic hydroxyl groups is 1. The molecule has 0 spiro atoms. The average Bonchev–Trinajstić information content (AvgIpc) is 2.64. The number of piperidine rings is 1. The molecule has 6 heteroatoms. The van der Waals surface area contributed by atoms with Crippen LogP contribution < -0.4 is 10.2 Å². The van der Waals surface area contributed by atoms with Crippen molar-refractivity contribution in [1.29, 1.82) is 0 Å². The van der Waals surface area contributed by atoms with E-state index < -0.39 is 0 Å². The van der Waals surface area contributed by atoms with Crippen LogP contribution in [0.25, 0.3) is 0 Å². The van der Waals surface area contributed by atoms with Crippen molar-refractivity contribution >= 4 is 11.7 Å². The van der Waals surface area contributed by atoms with Crippen molar-refractivity contribution in [1.82, 2.24) is 15.1 Å². The summed E-state index contributed by atoms with van der Waals surface area (Å²) in [6, 6.07) is 8.04. The molecule has 3 rings (SSSR count). The maximum Gasteiger partial charge on any atom is 0.317 e. The molecule has 2 aliphatic heterocycles. The second-order valence-corrected chi connectivity index (χ2v) is 7.08. The fraction of sp³-hybridized carbons (Fsp3) is 0.632. The van der Waals surface area contributed by atoms with Crippen molar-refractivity contribution in [3.8, 4) is 5.75 Å². The van der Waals surface area contributed by atoms with E-state index in [0.717, 1.165) is 31.9 Å². The molecule has 2 heterocycles. The number of amides is 2. The first-order valence-electron chi connectivity index (χ1n) is 9.45. The first-order chi connectivity index (χ1) is 12.1. The van der Waals surface area contributed by atoms with Crippen LogP contribution in [-0.2, 0) is 0 Å². The molecule has 0 radical (unpaired) electrons. The number of nitrogens with one attached hydrogen (secondary N) is 1. The molecule has 1 aromatic rings. The number of nitrogens with zero attached hydrogens (tertiary/aromatic N) is 3. The lowest BCUT2D eigenvalue weighted by molar-refractivity contribution is 0.157. The number of hydrogen-bond donors (Lipinski definition) is 2. The summed E-state index contributed by atoms with van der Waals surface area (Å²) < 4.78 is 0. The van der Waals surface area contributed by atoms with Gasteiger partial charge in [0.15, 0.2) is 0 Å².